The number of rotatable bonds is 0. The third-order valence-electron chi connectivity index (χ3n) is 2.07. The Morgan fingerprint density at radius 2 is 2.00 bits per heavy atom. The summed E-state index contributed by atoms with van der Waals surface area (Å²) in [6.07, 6.45) is 0. The average molecular weight is 245 g/mol. The number of halogens is 2. The third kappa shape index (κ3) is 1.58. The monoisotopic (exact) mass is 244 g/mol. The van der Waals surface area contributed by atoms with E-state index in [0.29, 0.717) is 10.9 Å². The number of fused-ring (bicyclic) bond motifs is 1. The maximum Gasteiger partial charge on any atom is 0.339 e. The van der Waals surface area contributed by atoms with E-state index in [4.69, 9.17) is 27.6 Å². The molecule has 0 fully saturated rings. The number of aryl methyl sites for hydroxylation is 1. The molecule has 0 saturated heterocycles. The Kier molecular flexibility index (Phi) is 2.37. The van der Waals surface area contributed by atoms with E-state index in [1.165, 1.54) is 6.07 Å². The molecule has 78 valence electrons. The van der Waals surface area contributed by atoms with Crippen molar-refractivity contribution in [2.75, 3.05) is 0 Å². The third-order valence-corrected chi connectivity index (χ3v) is 2.71. The summed E-state index contributed by atoms with van der Waals surface area (Å²) in [6.45, 7) is 1.62. The molecule has 1 N–H and O–H groups in total. The first kappa shape index (κ1) is 10.3. The van der Waals surface area contributed by atoms with Crippen LogP contribution >= 0.6 is 23.2 Å². The summed E-state index contributed by atoms with van der Waals surface area (Å²) in [7, 11) is 0. The summed E-state index contributed by atoms with van der Waals surface area (Å²) in [6, 6.07) is 3.10. The highest BCUT2D eigenvalue weighted by molar-refractivity contribution is 6.40. The second-order valence-electron chi connectivity index (χ2n) is 3.16. The van der Waals surface area contributed by atoms with E-state index in [-0.39, 0.29) is 21.4 Å². The molecule has 0 aliphatic carbocycles. The van der Waals surface area contributed by atoms with E-state index >= 15 is 0 Å². The van der Waals surface area contributed by atoms with Gasteiger partial charge in [-0.1, -0.05) is 23.2 Å². The van der Waals surface area contributed by atoms with Gasteiger partial charge in [-0.2, -0.15) is 0 Å². The molecule has 0 bridgehead atoms. The van der Waals surface area contributed by atoms with Crippen LogP contribution in [-0.2, 0) is 0 Å². The zero-order chi connectivity index (χ0) is 11.2. The fourth-order valence-electron chi connectivity index (χ4n) is 1.29. The van der Waals surface area contributed by atoms with E-state index < -0.39 is 5.63 Å². The molecule has 0 aliphatic heterocycles. The number of hydrogen-bond donors (Lipinski definition) is 1. The highest BCUT2D eigenvalue weighted by Crippen LogP contribution is 2.37. The van der Waals surface area contributed by atoms with Crippen molar-refractivity contribution in [1.82, 2.24) is 0 Å². The standard InChI is InChI=1S/C10H6Cl2O3/c1-4-2-5-3-6(11)8(13)7(12)9(5)15-10(4)14/h2-3,13H,1H3. The molecule has 0 atom stereocenters. The first-order valence-electron chi connectivity index (χ1n) is 4.12. The lowest BCUT2D eigenvalue weighted by atomic mass is 10.2. The fourth-order valence-corrected chi connectivity index (χ4v) is 1.80. The van der Waals surface area contributed by atoms with Crippen LogP contribution in [0, 0.1) is 6.92 Å². The molecule has 5 heteroatoms. The Hall–Kier alpha value is -1.19. The Bertz CT molecular complexity index is 602. The molecule has 3 nitrogen and oxygen atoms in total. The lowest BCUT2D eigenvalue weighted by Crippen LogP contribution is -2.02. The summed E-state index contributed by atoms with van der Waals surface area (Å²) in [5.41, 5.74) is 0.126. The zero-order valence-corrected chi connectivity index (χ0v) is 9.19. The van der Waals surface area contributed by atoms with Crippen LogP contribution in [0.2, 0.25) is 10.0 Å². The highest BCUT2D eigenvalue weighted by atomic mass is 35.5. The predicted molar refractivity (Wildman–Crippen MR) is 58.9 cm³/mol. The van der Waals surface area contributed by atoms with Gasteiger partial charge in [-0.15, -0.1) is 0 Å². The zero-order valence-electron chi connectivity index (χ0n) is 7.67. The van der Waals surface area contributed by atoms with Gasteiger partial charge in [-0.3, -0.25) is 0 Å². The van der Waals surface area contributed by atoms with E-state index in [1.54, 1.807) is 13.0 Å². The molecule has 15 heavy (non-hydrogen) atoms. The average Bonchev–Trinajstić information content (AvgIpc) is 2.19. The molecular formula is C10H6Cl2O3. The molecule has 2 aromatic rings. The van der Waals surface area contributed by atoms with Gasteiger partial charge in [0.25, 0.3) is 0 Å². The van der Waals surface area contributed by atoms with Crippen molar-refractivity contribution in [2.24, 2.45) is 0 Å². The Balaban J connectivity index is 3.00. The summed E-state index contributed by atoms with van der Waals surface area (Å²) in [5.74, 6) is -0.280. The van der Waals surface area contributed by atoms with E-state index in [0.717, 1.165) is 0 Å². The molecule has 1 heterocycles. The Labute approximate surface area is 94.8 Å². The number of benzene rings is 1. The molecule has 0 radical (unpaired) electrons. The topological polar surface area (TPSA) is 50.4 Å². The summed E-state index contributed by atoms with van der Waals surface area (Å²) in [4.78, 5) is 11.2. The number of hydrogen-bond acceptors (Lipinski definition) is 3. The number of phenols is 1. The van der Waals surface area contributed by atoms with Gasteiger partial charge in [0.2, 0.25) is 0 Å². The largest absolute Gasteiger partial charge is 0.505 e. The Morgan fingerprint density at radius 1 is 1.33 bits per heavy atom. The molecule has 0 unspecified atom stereocenters. The smallest absolute Gasteiger partial charge is 0.339 e. The molecule has 1 aromatic heterocycles. The summed E-state index contributed by atoms with van der Waals surface area (Å²) < 4.78 is 4.95. The Morgan fingerprint density at radius 3 is 2.67 bits per heavy atom. The number of phenolic OH excluding ortho intramolecular Hbond substituents is 1. The molecule has 0 spiro atoms. The van der Waals surface area contributed by atoms with E-state index in [2.05, 4.69) is 0 Å². The maximum atomic E-state index is 11.2. The summed E-state index contributed by atoms with van der Waals surface area (Å²) in [5, 5.41) is 10.1. The maximum absolute atomic E-state index is 11.2. The van der Waals surface area contributed by atoms with E-state index in [1.807, 2.05) is 0 Å². The van der Waals surface area contributed by atoms with Crippen LogP contribution in [0.1, 0.15) is 5.56 Å². The van der Waals surface area contributed by atoms with E-state index in [9.17, 15) is 9.90 Å². The second-order valence-corrected chi connectivity index (χ2v) is 3.94. The molecule has 2 rings (SSSR count). The van der Waals surface area contributed by atoms with Gasteiger partial charge >= 0.3 is 5.63 Å². The van der Waals surface area contributed by atoms with Crippen molar-refractivity contribution in [3.05, 3.63) is 38.2 Å². The molecule has 1 aromatic carbocycles. The van der Waals surface area contributed by atoms with Crippen molar-refractivity contribution in [3.63, 3.8) is 0 Å². The van der Waals surface area contributed by atoms with Gasteiger partial charge in [-0.25, -0.2) is 4.79 Å². The molecular weight excluding hydrogens is 239 g/mol. The minimum atomic E-state index is -0.480. The van der Waals surface area contributed by atoms with Crippen molar-refractivity contribution < 1.29 is 9.52 Å². The normalized spacial score (nSPS) is 10.9. The van der Waals surface area contributed by atoms with Crippen LogP contribution in [0.4, 0.5) is 0 Å². The van der Waals surface area contributed by atoms with Crippen molar-refractivity contribution in [2.45, 2.75) is 6.92 Å². The van der Waals surface area contributed by atoms with Crippen LogP contribution in [0.25, 0.3) is 11.0 Å². The van der Waals surface area contributed by atoms with Crippen molar-refractivity contribution in [1.29, 1.82) is 0 Å². The lowest BCUT2D eigenvalue weighted by molar-refractivity contribution is 0.473. The number of aromatic hydroxyl groups is 1. The highest BCUT2D eigenvalue weighted by Gasteiger charge is 2.12. The van der Waals surface area contributed by atoms with Gasteiger partial charge < -0.3 is 9.52 Å². The van der Waals surface area contributed by atoms with Crippen LogP contribution in [-0.4, -0.2) is 5.11 Å². The fraction of sp³-hybridized carbons (Fsp3) is 0.100. The predicted octanol–water partition coefficient (Wildman–Crippen LogP) is 3.11. The van der Waals surface area contributed by atoms with Crippen LogP contribution in [0.5, 0.6) is 5.75 Å². The minimum Gasteiger partial charge on any atom is -0.505 e. The van der Waals surface area contributed by atoms with Gasteiger partial charge in [0, 0.05) is 10.9 Å². The van der Waals surface area contributed by atoms with Gasteiger partial charge in [0.05, 0.1) is 5.02 Å². The molecule has 0 aliphatic rings. The van der Waals surface area contributed by atoms with Gasteiger partial charge in [-0.05, 0) is 19.1 Å². The molecule has 0 saturated carbocycles. The first-order chi connectivity index (χ1) is 7.00. The quantitative estimate of drug-likeness (QED) is 0.725. The summed E-state index contributed by atoms with van der Waals surface area (Å²) >= 11 is 11.5. The van der Waals surface area contributed by atoms with Crippen LogP contribution in [0.15, 0.2) is 21.3 Å². The van der Waals surface area contributed by atoms with Crippen molar-refractivity contribution in [3.8, 4) is 5.75 Å². The minimum absolute atomic E-state index is 0.0467. The van der Waals surface area contributed by atoms with Gasteiger partial charge in [0.1, 0.15) is 5.02 Å². The van der Waals surface area contributed by atoms with Gasteiger partial charge in [0.15, 0.2) is 11.3 Å². The van der Waals surface area contributed by atoms with Crippen LogP contribution in [0.3, 0.4) is 0 Å². The van der Waals surface area contributed by atoms with Crippen LogP contribution < -0.4 is 5.63 Å². The molecule has 0 amide bonds. The second kappa shape index (κ2) is 3.43. The lowest BCUT2D eigenvalue weighted by Gasteiger charge is -2.04. The SMILES string of the molecule is Cc1cc2cc(Cl)c(O)c(Cl)c2oc1=O. The van der Waals surface area contributed by atoms with Crippen molar-refractivity contribution >= 4 is 34.2 Å². The first-order valence-corrected chi connectivity index (χ1v) is 4.87.